The third-order valence-corrected chi connectivity index (χ3v) is 6.14. The Morgan fingerprint density at radius 1 is 0.971 bits per heavy atom. The number of hydrogen-bond acceptors (Lipinski definition) is 3. The molecule has 0 spiro atoms. The molecule has 1 aromatic heterocycles. The largest absolute Gasteiger partial charge is 0.496 e. The highest BCUT2D eigenvalue weighted by Gasteiger charge is 2.12. The summed E-state index contributed by atoms with van der Waals surface area (Å²) in [6.07, 6.45) is 1.68. The number of methoxy groups -OCH3 is 1. The quantitative estimate of drug-likeness (QED) is 0.245. The number of benzene rings is 3. The van der Waals surface area contributed by atoms with Crippen molar-refractivity contribution in [3.8, 4) is 22.7 Å². The maximum atomic E-state index is 12.7. The molecule has 4 aromatic rings. The molecule has 0 saturated heterocycles. The Kier molecular flexibility index (Phi) is 7.16. The number of ether oxygens (including phenoxy) is 1. The molecule has 0 fully saturated rings. The molecule has 0 atom stereocenters. The van der Waals surface area contributed by atoms with Crippen LogP contribution in [-0.4, -0.2) is 23.8 Å². The van der Waals surface area contributed by atoms with Crippen LogP contribution in [0.1, 0.15) is 52.5 Å². The third-order valence-electron chi connectivity index (χ3n) is 6.14. The minimum absolute atomic E-state index is 0.254. The number of rotatable bonds is 7. The van der Waals surface area contributed by atoms with Crippen molar-refractivity contribution >= 4 is 12.1 Å². The number of nitrogens with zero attached hydrogens (tertiary/aromatic N) is 2. The summed E-state index contributed by atoms with van der Waals surface area (Å²) in [4.78, 5) is 12.7. The SMILES string of the molecule is COc1cc(C)c(/C=N/NC(=O)c2ccc(-n3c(C)ccc3-c3ccccc3)cc2)cc1C(C)C. The molecule has 0 bridgehead atoms. The summed E-state index contributed by atoms with van der Waals surface area (Å²) in [5.41, 5.74) is 10.7. The molecule has 0 aliphatic carbocycles. The number of nitrogens with one attached hydrogen (secondary N) is 1. The van der Waals surface area contributed by atoms with Gasteiger partial charge in [0.25, 0.3) is 5.91 Å². The van der Waals surface area contributed by atoms with E-state index in [0.717, 1.165) is 45.1 Å². The molecule has 1 amide bonds. The predicted molar refractivity (Wildman–Crippen MR) is 143 cm³/mol. The van der Waals surface area contributed by atoms with Gasteiger partial charge in [0.15, 0.2) is 0 Å². The Balaban J connectivity index is 1.50. The van der Waals surface area contributed by atoms with Crippen LogP contribution in [0.2, 0.25) is 0 Å². The van der Waals surface area contributed by atoms with Crippen molar-refractivity contribution in [2.24, 2.45) is 5.10 Å². The third kappa shape index (κ3) is 5.19. The summed E-state index contributed by atoms with van der Waals surface area (Å²) in [7, 11) is 1.68. The van der Waals surface area contributed by atoms with Crippen LogP contribution in [0.4, 0.5) is 0 Å². The number of carbonyl (C=O) groups excluding carboxylic acids is 1. The van der Waals surface area contributed by atoms with Gasteiger partial charge in [0.05, 0.1) is 19.0 Å². The molecule has 0 unspecified atom stereocenters. The van der Waals surface area contributed by atoms with E-state index in [9.17, 15) is 4.79 Å². The van der Waals surface area contributed by atoms with Crippen molar-refractivity contribution in [3.05, 3.63) is 107 Å². The van der Waals surface area contributed by atoms with E-state index in [4.69, 9.17) is 4.74 Å². The lowest BCUT2D eigenvalue weighted by atomic mass is 9.97. The first kappa shape index (κ1) is 24.0. The van der Waals surface area contributed by atoms with E-state index in [-0.39, 0.29) is 5.91 Å². The number of hydrazone groups is 1. The van der Waals surface area contributed by atoms with E-state index >= 15 is 0 Å². The molecule has 178 valence electrons. The second-order valence-electron chi connectivity index (χ2n) is 8.91. The maximum absolute atomic E-state index is 12.7. The zero-order chi connectivity index (χ0) is 24.9. The molecule has 0 aliphatic rings. The Morgan fingerprint density at radius 2 is 1.69 bits per heavy atom. The first-order valence-corrected chi connectivity index (χ1v) is 11.7. The van der Waals surface area contributed by atoms with Crippen molar-refractivity contribution < 1.29 is 9.53 Å². The lowest BCUT2D eigenvalue weighted by molar-refractivity contribution is 0.0955. The molecule has 5 heteroatoms. The fourth-order valence-corrected chi connectivity index (χ4v) is 4.19. The van der Waals surface area contributed by atoms with Crippen molar-refractivity contribution in [1.29, 1.82) is 0 Å². The number of aryl methyl sites for hydroxylation is 2. The zero-order valence-electron chi connectivity index (χ0n) is 20.9. The minimum atomic E-state index is -0.254. The van der Waals surface area contributed by atoms with E-state index in [2.05, 4.69) is 66.2 Å². The summed E-state index contributed by atoms with van der Waals surface area (Å²) < 4.78 is 7.69. The van der Waals surface area contributed by atoms with Gasteiger partial charge in [-0.25, -0.2) is 5.43 Å². The van der Waals surface area contributed by atoms with Crippen LogP contribution in [0.15, 0.2) is 84.0 Å². The fraction of sp³-hybridized carbons (Fsp3) is 0.200. The summed E-state index contributed by atoms with van der Waals surface area (Å²) in [5.74, 6) is 0.930. The predicted octanol–water partition coefficient (Wildman–Crippen LogP) is 6.66. The molecular formula is C30H31N3O2. The van der Waals surface area contributed by atoms with Gasteiger partial charge in [0.1, 0.15) is 5.75 Å². The van der Waals surface area contributed by atoms with Crippen molar-refractivity contribution in [2.75, 3.05) is 7.11 Å². The maximum Gasteiger partial charge on any atom is 0.271 e. The minimum Gasteiger partial charge on any atom is -0.496 e. The smallest absolute Gasteiger partial charge is 0.271 e. The lowest BCUT2D eigenvalue weighted by Gasteiger charge is -2.14. The van der Waals surface area contributed by atoms with Gasteiger partial charge in [0, 0.05) is 16.9 Å². The summed E-state index contributed by atoms with van der Waals surface area (Å²) in [6, 6.07) is 26.1. The first-order chi connectivity index (χ1) is 16.9. The molecule has 3 aromatic carbocycles. The molecule has 35 heavy (non-hydrogen) atoms. The molecule has 5 nitrogen and oxygen atoms in total. The van der Waals surface area contributed by atoms with Crippen LogP contribution in [0.25, 0.3) is 16.9 Å². The Morgan fingerprint density at radius 3 is 2.34 bits per heavy atom. The van der Waals surface area contributed by atoms with Gasteiger partial charge in [-0.1, -0.05) is 44.2 Å². The second-order valence-corrected chi connectivity index (χ2v) is 8.91. The zero-order valence-corrected chi connectivity index (χ0v) is 20.9. The van der Waals surface area contributed by atoms with Crippen LogP contribution in [0.5, 0.6) is 5.75 Å². The van der Waals surface area contributed by atoms with Crippen LogP contribution in [0, 0.1) is 13.8 Å². The Hall–Kier alpha value is -4.12. The number of carbonyl (C=O) groups is 1. The van der Waals surface area contributed by atoms with Gasteiger partial charge in [-0.05, 0) is 90.6 Å². The average molecular weight is 466 g/mol. The average Bonchev–Trinajstić information content (AvgIpc) is 3.26. The van der Waals surface area contributed by atoms with Crippen LogP contribution in [-0.2, 0) is 0 Å². The van der Waals surface area contributed by atoms with E-state index in [1.807, 2.05) is 55.5 Å². The van der Waals surface area contributed by atoms with Gasteiger partial charge >= 0.3 is 0 Å². The van der Waals surface area contributed by atoms with Gasteiger partial charge in [-0.3, -0.25) is 4.79 Å². The highest BCUT2D eigenvalue weighted by atomic mass is 16.5. The summed E-state index contributed by atoms with van der Waals surface area (Å²) >= 11 is 0. The lowest BCUT2D eigenvalue weighted by Crippen LogP contribution is -2.17. The molecule has 0 saturated carbocycles. The highest BCUT2D eigenvalue weighted by Crippen LogP contribution is 2.29. The van der Waals surface area contributed by atoms with Gasteiger partial charge in [-0.2, -0.15) is 5.10 Å². The fourth-order valence-electron chi connectivity index (χ4n) is 4.19. The molecular weight excluding hydrogens is 434 g/mol. The Labute approximate surface area is 207 Å². The summed E-state index contributed by atoms with van der Waals surface area (Å²) in [6.45, 7) is 8.32. The number of amides is 1. The van der Waals surface area contributed by atoms with E-state index in [1.54, 1.807) is 13.3 Å². The highest BCUT2D eigenvalue weighted by molar-refractivity contribution is 5.95. The molecule has 0 aliphatic heterocycles. The molecule has 0 radical (unpaired) electrons. The summed E-state index contributed by atoms with van der Waals surface area (Å²) in [5, 5.41) is 4.20. The van der Waals surface area contributed by atoms with Gasteiger partial charge in [0.2, 0.25) is 0 Å². The van der Waals surface area contributed by atoms with Crippen LogP contribution < -0.4 is 10.2 Å². The van der Waals surface area contributed by atoms with Crippen LogP contribution >= 0.6 is 0 Å². The second kappa shape index (κ2) is 10.4. The van der Waals surface area contributed by atoms with E-state index < -0.39 is 0 Å². The normalized spacial score (nSPS) is 11.3. The number of hydrogen-bond donors (Lipinski definition) is 1. The van der Waals surface area contributed by atoms with Gasteiger partial charge < -0.3 is 9.30 Å². The van der Waals surface area contributed by atoms with Crippen molar-refractivity contribution in [2.45, 2.75) is 33.6 Å². The first-order valence-electron chi connectivity index (χ1n) is 11.7. The van der Waals surface area contributed by atoms with E-state index in [0.29, 0.717) is 11.5 Å². The molecule has 1 heterocycles. The molecule has 1 N–H and O–H groups in total. The van der Waals surface area contributed by atoms with E-state index in [1.165, 1.54) is 0 Å². The van der Waals surface area contributed by atoms with Crippen LogP contribution in [0.3, 0.4) is 0 Å². The number of aromatic nitrogens is 1. The standard InChI is InChI=1S/C30H31N3O2/c1-20(2)27-18-25(21(3)17-29(27)35-5)19-31-32-30(34)24-12-14-26(15-13-24)33-22(4)11-16-28(33)23-9-7-6-8-10-23/h6-20H,1-5H3,(H,32,34)/b31-19+. The van der Waals surface area contributed by atoms with Gasteiger partial charge in [-0.15, -0.1) is 0 Å². The Bertz CT molecular complexity index is 1350. The van der Waals surface area contributed by atoms with Crippen molar-refractivity contribution in [1.82, 2.24) is 9.99 Å². The monoisotopic (exact) mass is 465 g/mol. The molecule has 4 rings (SSSR count). The topological polar surface area (TPSA) is 55.6 Å². The van der Waals surface area contributed by atoms with Crippen molar-refractivity contribution in [3.63, 3.8) is 0 Å².